The molecule has 8 heteroatoms. The second-order valence-electron chi connectivity index (χ2n) is 7.47. The Labute approximate surface area is 163 Å². The Morgan fingerprint density at radius 1 is 1.19 bits per heavy atom. The number of Topliss-reactive ketones (excluding diaryl/α,β-unsaturated/α-hetero) is 1. The van der Waals surface area contributed by atoms with E-state index in [-0.39, 0.29) is 0 Å². The smallest absolute Gasteiger partial charge is 0.246 e. The van der Waals surface area contributed by atoms with E-state index >= 15 is 0 Å². The number of likely N-dealkylation sites (tertiary alicyclic amines) is 1. The van der Waals surface area contributed by atoms with Crippen LogP contribution in [0.15, 0.2) is 24.3 Å². The first-order valence-electron chi connectivity index (χ1n) is 9.53. The Bertz CT molecular complexity index is 784. The highest BCUT2D eigenvalue weighted by atomic mass is 35.5. The van der Waals surface area contributed by atoms with Gasteiger partial charge in [0.05, 0.1) is 6.54 Å². The Balaban J connectivity index is 1.41. The largest absolute Gasteiger partial charge is 0.368 e. The van der Waals surface area contributed by atoms with Gasteiger partial charge in [0.2, 0.25) is 11.9 Å². The summed E-state index contributed by atoms with van der Waals surface area (Å²) in [7, 11) is 0. The third kappa shape index (κ3) is 4.25. The molecule has 144 valence electrons. The number of nitrogens with two attached hydrogens (primary N) is 1. The molecule has 1 atom stereocenters. The number of rotatable bonds is 4. The summed E-state index contributed by atoms with van der Waals surface area (Å²) in [6.07, 6.45) is 4.57. The highest BCUT2D eigenvalue weighted by Crippen LogP contribution is 2.27. The first-order valence-corrected chi connectivity index (χ1v) is 9.91. The van der Waals surface area contributed by atoms with E-state index in [0.29, 0.717) is 42.7 Å². The molecular weight excluding hydrogens is 364 g/mol. The summed E-state index contributed by atoms with van der Waals surface area (Å²) >= 11 is 6.01. The monoisotopic (exact) mass is 388 g/mol. The van der Waals surface area contributed by atoms with E-state index < -0.39 is 0 Å². The predicted molar refractivity (Wildman–Crippen MR) is 106 cm³/mol. The minimum absolute atomic E-state index is 0.344. The van der Waals surface area contributed by atoms with Crippen LogP contribution in [-0.2, 0) is 11.2 Å². The maximum atomic E-state index is 12.1. The van der Waals surface area contributed by atoms with Crippen LogP contribution in [0.25, 0.3) is 0 Å². The van der Waals surface area contributed by atoms with Gasteiger partial charge in [-0.15, -0.1) is 5.10 Å². The van der Waals surface area contributed by atoms with Gasteiger partial charge in [0.15, 0.2) is 0 Å². The maximum absolute atomic E-state index is 12.1. The number of H-pyrrole nitrogens is 1. The molecule has 1 aromatic heterocycles. The quantitative estimate of drug-likeness (QED) is 0.835. The van der Waals surface area contributed by atoms with Crippen LogP contribution < -0.4 is 10.6 Å². The molecule has 0 amide bonds. The van der Waals surface area contributed by atoms with Gasteiger partial charge in [0.1, 0.15) is 5.78 Å². The zero-order chi connectivity index (χ0) is 18.8. The number of aromatic nitrogens is 3. The van der Waals surface area contributed by atoms with Crippen LogP contribution in [0.1, 0.15) is 31.2 Å². The molecule has 1 unspecified atom stereocenters. The molecule has 1 aromatic carbocycles. The normalized spacial score (nSPS) is 22.3. The predicted octanol–water partition coefficient (Wildman–Crippen LogP) is 2.29. The van der Waals surface area contributed by atoms with Crippen molar-refractivity contribution in [1.82, 2.24) is 20.1 Å². The lowest BCUT2D eigenvalue weighted by atomic mass is 9.91. The Kier molecular flexibility index (Phi) is 5.31. The van der Waals surface area contributed by atoms with Crippen LogP contribution in [0, 0.1) is 0 Å². The second-order valence-corrected chi connectivity index (χ2v) is 7.91. The van der Waals surface area contributed by atoms with Crippen LogP contribution in [0.4, 0.5) is 11.9 Å². The summed E-state index contributed by atoms with van der Waals surface area (Å²) in [6, 6.07) is 8.88. The van der Waals surface area contributed by atoms with Crippen molar-refractivity contribution in [2.45, 2.75) is 44.2 Å². The van der Waals surface area contributed by atoms with Crippen molar-refractivity contribution in [3.8, 4) is 0 Å². The lowest BCUT2D eigenvalue weighted by Gasteiger charge is -2.44. The summed E-state index contributed by atoms with van der Waals surface area (Å²) in [5, 5.41) is 7.61. The fraction of sp³-hybridized carbons (Fsp3) is 0.526. The molecule has 2 aliphatic heterocycles. The summed E-state index contributed by atoms with van der Waals surface area (Å²) in [6.45, 7) is 2.32. The van der Waals surface area contributed by atoms with Gasteiger partial charge < -0.3 is 10.6 Å². The first-order chi connectivity index (χ1) is 13.1. The molecule has 2 saturated heterocycles. The number of benzene rings is 1. The van der Waals surface area contributed by atoms with Crippen molar-refractivity contribution in [2.75, 3.05) is 30.3 Å². The van der Waals surface area contributed by atoms with Crippen molar-refractivity contribution in [3.05, 3.63) is 34.9 Å². The van der Waals surface area contributed by atoms with Crippen molar-refractivity contribution in [1.29, 1.82) is 0 Å². The van der Waals surface area contributed by atoms with E-state index in [9.17, 15) is 4.79 Å². The third-order valence-corrected chi connectivity index (χ3v) is 5.93. The molecule has 3 N–H and O–H groups in total. The van der Waals surface area contributed by atoms with Crippen molar-refractivity contribution >= 4 is 29.3 Å². The van der Waals surface area contributed by atoms with E-state index in [1.165, 1.54) is 5.56 Å². The lowest BCUT2D eigenvalue weighted by molar-refractivity contribution is -0.125. The second kappa shape index (κ2) is 7.86. The van der Waals surface area contributed by atoms with Gasteiger partial charge in [-0.2, -0.15) is 4.98 Å². The van der Waals surface area contributed by atoms with Gasteiger partial charge in [-0.05, 0) is 43.4 Å². The number of nitrogen functional groups attached to an aromatic ring is 1. The Morgan fingerprint density at radius 2 is 1.93 bits per heavy atom. The molecule has 2 fully saturated rings. The van der Waals surface area contributed by atoms with Crippen LogP contribution in [-0.4, -0.2) is 57.6 Å². The average Bonchev–Trinajstić information content (AvgIpc) is 3.11. The highest BCUT2D eigenvalue weighted by Gasteiger charge is 2.34. The van der Waals surface area contributed by atoms with Gasteiger partial charge in [-0.1, -0.05) is 23.7 Å². The summed E-state index contributed by atoms with van der Waals surface area (Å²) in [4.78, 5) is 21.0. The summed E-state index contributed by atoms with van der Waals surface area (Å²) < 4.78 is 0. The fourth-order valence-corrected chi connectivity index (χ4v) is 4.37. The molecule has 0 bridgehead atoms. The number of anilines is 2. The molecule has 0 radical (unpaired) electrons. The molecule has 4 rings (SSSR count). The average molecular weight is 389 g/mol. The zero-order valence-electron chi connectivity index (χ0n) is 15.3. The van der Waals surface area contributed by atoms with Crippen molar-refractivity contribution in [3.63, 3.8) is 0 Å². The number of hydrogen-bond donors (Lipinski definition) is 2. The number of ketones is 1. The van der Waals surface area contributed by atoms with Gasteiger partial charge in [0.25, 0.3) is 0 Å². The number of halogens is 1. The number of piperidine rings is 2. The van der Waals surface area contributed by atoms with Gasteiger partial charge in [-0.25, -0.2) is 5.10 Å². The lowest BCUT2D eigenvalue weighted by Crippen LogP contribution is -2.54. The highest BCUT2D eigenvalue weighted by molar-refractivity contribution is 6.30. The number of carbonyl (C=O) groups excluding carboxylic acids is 1. The van der Waals surface area contributed by atoms with Crippen LogP contribution >= 0.6 is 11.6 Å². The van der Waals surface area contributed by atoms with Crippen molar-refractivity contribution in [2.24, 2.45) is 0 Å². The number of aromatic amines is 1. The summed E-state index contributed by atoms with van der Waals surface area (Å²) in [5.41, 5.74) is 6.91. The first kappa shape index (κ1) is 18.3. The van der Waals surface area contributed by atoms with E-state index in [4.69, 9.17) is 17.3 Å². The number of hydrogen-bond acceptors (Lipinski definition) is 6. The molecule has 2 aliphatic rings. The molecule has 27 heavy (non-hydrogen) atoms. The van der Waals surface area contributed by atoms with Gasteiger partial charge in [-0.3, -0.25) is 9.69 Å². The summed E-state index contributed by atoms with van der Waals surface area (Å²) in [5.74, 6) is 1.36. The fourth-order valence-electron chi connectivity index (χ4n) is 4.25. The van der Waals surface area contributed by atoms with Crippen molar-refractivity contribution < 1.29 is 4.79 Å². The number of carbonyl (C=O) groups is 1. The standard InChI is InChI=1S/C19H25ClN6O/c20-14-3-1-13(2-4-14)11-16-5-6-17(27)12-26(16)15-7-9-25(10-8-15)19-22-18(21)23-24-19/h1-4,15-16H,5-12H2,(H3,21,22,23,24). The van der Waals surface area contributed by atoms with Gasteiger partial charge in [0, 0.05) is 36.6 Å². The third-order valence-electron chi connectivity index (χ3n) is 5.68. The molecule has 7 nitrogen and oxygen atoms in total. The molecule has 2 aromatic rings. The van der Waals surface area contributed by atoms with Gasteiger partial charge >= 0.3 is 0 Å². The molecule has 0 saturated carbocycles. The van der Waals surface area contributed by atoms with Crippen LogP contribution in [0.5, 0.6) is 0 Å². The minimum Gasteiger partial charge on any atom is -0.368 e. The number of nitrogens with zero attached hydrogens (tertiary/aromatic N) is 4. The Morgan fingerprint density at radius 3 is 2.59 bits per heavy atom. The zero-order valence-corrected chi connectivity index (χ0v) is 16.0. The molecule has 3 heterocycles. The minimum atomic E-state index is 0.344. The molecule has 0 aliphatic carbocycles. The molecule has 0 spiro atoms. The van der Waals surface area contributed by atoms with E-state index in [1.807, 2.05) is 12.1 Å². The maximum Gasteiger partial charge on any atom is 0.246 e. The van der Waals surface area contributed by atoms with Crippen LogP contribution in [0.2, 0.25) is 5.02 Å². The van der Waals surface area contributed by atoms with E-state index in [2.05, 4.69) is 37.1 Å². The van der Waals surface area contributed by atoms with E-state index in [0.717, 1.165) is 43.8 Å². The number of nitrogens with one attached hydrogen (secondary N) is 1. The molecular formula is C19H25ClN6O. The topological polar surface area (TPSA) is 91.1 Å². The van der Waals surface area contributed by atoms with Crippen LogP contribution in [0.3, 0.4) is 0 Å². The Hall–Kier alpha value is -2.12. The van der Waals surface area contributed by atoms with E-state index in [1.54, 1.807) is 0 Å². The SMILES string of the molecule is Nc1nc(N2CCC(N3CC(=O)CCC3Cc3ccc(Cl)cc3)CC2)n[nH]1.